The van der Waals surface area contributed by atoms with Gasteiger partial charge in [0.2, 0.25) is 23.7 Å². The van der Waals surface area contributed by atoms with Crippen LogP contribution in [0.2, 0.25) is 0 Å². The molecule has 4 amide bonds. The van der Waals surface area contributed by atoms with E-state index in [1.54, 1.807) is 42.2 Å². The molecule has 60 heavy (non-hydrogen) atoms. The highest BCUT2D eigenvalue weighted by molar-refractivity contribution is 6.08. The summed E-state index contributed by atoms with van der Waals surface area (Å²) in [6, 6.07) is 6.04. The van der Waals surface area contributed by atoms with Crippen molar-refractivity contribution in [2.24, 2.45) is 11.5 Å². The molecule has 6 rings (SSSR count). The zero-order valence-corrected chi connectivity index (χ0v) is 34.2. The monoisotopic (exact) mass is 824 g/mol. The van der Waals surface area contributed by atoms with E-state index < -0.39 is 23.6 Å². The number of anilines is 4. The number of benzene rings is 2. The minimum absolute atomic E-state index is 0.112. The maximum atomic E-state index is 13.8. The molecule has 0 aliphatic heterocycles. The van der Waals surface area contributed by atoms with E-state index in [-0.39, 0.29) is 71.2 Å². The largest absolute Gasteiger partial charge is 0.494 e. The maximum Gasteiger partial charge on any atom is 0.278 e. The van der Waals surface area contributed by atoms with Gasteiger partial charge in [0.15, 0.2) is 0 Å². The molecule has 0 unspecified atom stereocenters. The lowest BCUT2D eigenvalue weighted by molar-refractivity contribution is 0.0991. The summed E-state index contributed by atoms with van der Waals surface area (Å²) in [6.07, 6.45) is 4.15. The van der Waals surface area contributed by atoms with E-state index in [0.29, 0.717) is 65.3 Å². The molecule has 21 nitrogen and oxygen atoms in total. The Morgan fingerprint density at radius 2 is 1.15 bits per heavy atom. The van der Waals surface area contributed by atoms with Gasteiger partial charge in [0.1, 0.15) is 33.9 Å². The van der Waals surface area contributed by atoms with Crippen LogP contribution in [0.3, 0.4) is 0 Å². The number of hydrogen-bond acceptors (Lipinski definition) is 13. The molecule has 0 spiro atoms. The van der Waals surface area contributed by atoms with Gasteiger partial charge in [0.05, 0.1) is 47.5 Å². The highest BCUT2D eigenvalue weighted by Crippen LogP contribution is 2.33. The number of nitrogen functional groups attached to an aromatic ring is 2. The Kier molecular flexibility index (Phi) is 12.4. The molecular weight excluding hydrogens is 777 g/mol. The fraction of sp³-hybridized carbons (Fsp3) is 0.333. The van der Waals surface area contributed by atoms with Crippen LogP contribution < -0.4 is 43.0 Å². The summed E-state index contributed by atoms with van der Waals surface area (Å²) in [6.45, 7) is 8.77. The molecule has 0 bridgehead atoms. The topological polar surface area (TPSA) is 295 Å². The van der Waals surface area contributed by atoms with Crippen molar-refractivity contribution in [1.29, 1.82) is 0 Å². The first-order valence-corrected chi connectivity index (χ1v) is 19.0. The van der Waals surface area contributed by atoms with Crippen molar-refractivity contribution in [3.8, 4) is 11.5 Å². The highest BCUT2D eigenvalue weighted by atomic mass is 16.5. The fourth-order valence-corrected chi connectivity index (χ4v) is 6.75. The molecule has 0 fully saturated rings. The number of nitrogens with one attached hydrogen (secondary N) is 2. The predicted molar refractivity (Wildman–Crippen MR) is 224 cm³/mol. The van der Waals surface area contributed by atoms with Crippen LogP contribution in [0.15, 0.2) is 36.4 Å². The molecule has 316 valence electrons. The van der Waals surface area contributed by atoms with Crippen LogP contribution in [-0.2, 0) is 30.9 Å². The van der Waals surface area contributed by atoms with E-state index in [1.807, 2.05) is 13.8 Å². The van der Waals surface area contributed by atoms with E-state index in [1.165, 1.54) is 40.7 Å². The van der Waals surface area contributed by atoms with Crippen LogP contribution in [0, 0.1) is 13.8 Å². The fourth-order valence-electron chi connectivity index (χ4n) is 6.75. The predicted octanol–water partition coefficient (Wildman–Crippen LogP) is 2.98. The van der Waals surface area contributed by atoms with Crippen LogP contribution in [0.1, 0.15) is 73.3 Å². The number of hydrogen-bond donors (Lipinski definition) is 6. The van der Waals surface area contributed by atoms with Gasteiger partial charge in [-0.15, -0.1) is 0 Å². The number of aromatic nitrogens is 8. The lowest BCUT2D eigenvalue weighted by Crippen LogP contribution is -2.21. The second kappa shape index (κ2) is 17.6. The van der Waals surface area contributed by atoms with Crippen LogP contribution in [0.5, 0.6) is 11.5 Å². The minimum Gasteiger partial charge on any atom is -0.494 e. The number of rotatable bonds is 18. The molecule has 0 saturated carbocycles. The Balaban J connectivity index is 1.43. The summed E-state index contributed by atoms with van der Waals surface area (Å²) >= 11 is 0. The number of nitrogens with two attached hydrogens (primary N) is 4. The highest BCUT2D eigenvalue weighted by Gasteiger charge is 2.26. The van der Waals surface area contributed by atoms with Crippen molar-refractivity contribution < 1.29 is 33.4 Å². The van der Waals surface area contributed by atoms with Crippen LogP contribution in [0.4, 0.5) is 23.3 Å². The first-order chi connectivity index (χ1) is 28.7. The number of amides is 4. The average molecular weight is 825 g/mol. The SMILES string of the molecule is CCn1nc(C)c(N)c1C(=O)Nc1nc2cc(C(N)=O)cc(OC)c2n1C/C=C/Cn1c(NC(=O)c2c(N)c(C)nn2CC)nc2cc(C(N)=O)cc(OCCCOC)c21. The van der Waals surface area contributed by atoms with Gasteiger partial charge in [-0.05, 0) is 52.0 Å². The molecule has 4 aromatic heterocycles. The minimum atomic E-state index is -0.695. The van der Waals surface area contributed by atoms with Crippen LogP contribution in [-0.4, -0.2) is 89.7 Å². The van der Waals surface area contributed by atoms with Gasteiger partial charge < -0.3 is 46.3 Å². The van der Waals surface area contributed by atoms with E-state index in [0.717, 1.165) is 0 Å². The normalized spacial score (nSPS) is 11.5. The molecule has 4 heterocycles. The molecule has 0 radical (unpaired) electrons. The summed E-state index contributed by atoms with van der Waals surface area (Å²) in [5.74, 6) is -1.68. The zero-order chi connectivity index (χ0) is 43.4. The molecule has 10 N–H and O–H groups in total. The molecule has 2 aromatic carbocycles. The quantitative estimate of drug-likeness (QED) is 0.0537. The van der Waals surface area contributed by atoms with Crippen molar-refractivity contribution in [1.82, 2.24) is 38.7 Å². The number of imidazole rings is 2. The molecule has 21 heteroatoms. The standard InChI is InChI=1S/C39H48N14O7/c1-7-52-32(28(40)20(3)48-52)36(56)46-38-44-24-16-22(34(42)54)18-26(59-6)30(24)50(38)12-9-10-13-51-31-25(17-23(35(43)55)19-27(31)60-15-11-14-58-5)45-39(51)47-37(57)33-29(41)21(4)49-53(33)8-2/h9-10,16-19H,7-8,11-15,40-41H2,1-6H3,(H2,42,54)(H2,43,55)(H,44,46,56)(H,45,47,57)/b10-9+. The number of allylic oxidation sites excluding steroid dienone is 2. The first-order valence-electron chi connectivity index (χ1n) is 19.0. The number of fused-ring (bicyclic) bond motifs is 2. The summed E-state index contributed by atoms with van der Waals surface area (Å²) in [5, 5.41) is 14.5. The van der Waals surface area contributed by atoms with E-state index in [4.69, 9.17) is 42.1 Å². The van der Waals surface area contributed by atoms with Crippen molar-refractivity contribution in [3.63, 3.8) is 0 Å². The Hall–Kier alpha value is -7.42. The number of methoxy groups -OCH3 is 2. The summed E-state index contributed by atoms with van der Waals surface area (Å²) in [4.78, 5) is 61.6. The molecule has 0 aliphatic rings. The zero-order valence-electron chi connectivity index (χ0n) is 34.2. The Bertz CT molecular complexity index is 2670. The van der Waals surface area contributed by atoms with Crippen LogP contribution in [0.25, 0.3) is 22.1 Å². The molecule has 6 aromatic rings. The first kappa shape index (κ1) is 42.2. The van der Waals surface area contributed by atoms with E-state index in [9.17, 15) is 19.2 Å². The second-order valence-electron chi connectivity index (χ2n) is 13.6. The van der Waals surface area contributed by atoms with Gasteiger partial charge >= 0.3 is 0 Å². The van der Waals surface area contributed by atoms with Crippen LogP contribution >= 0.6 is 0 Å². The lowest BCUT2D eigenvalue weighted by atomic mass is 10.1. The molecule has 0 saturated heterocycles. The third-order valence-electron chi connectivity index (χ3n) is 9.72. The van der Waals surface area contributed by atoms with Gasteiger partial charge in [-0.2, -0.15) is 10.2 Å². The number of ether oxygens (including phenoxy) is 3. The maximum absolute atomic E-state index is 13.8. The van der Waals surface area contributed by atoms with Crippen molar-refractivity contribution in [2.75, 3.05) is 49.5 Å². The van der Waals surface area contributed by atoms with Crippen molar-refractivity contribution in [2.45, 2.75) is 60.3 Å². The number of carbonyl (C=O) groups is 4. The van der Waals surface area contributed by atoms with Gasteiger partial charge in [0.25, 0.3) is 11.8 Å². The molecule has 0 aliphatic carbocycles. The number of aryl methyl sites for hydroxylation is 4. The van der Waals surface area contributed by atoms with Crippen molar-refractivity contribution in [3.05, 3.63) is 70.3 Å². The van der Waals surface area contributed by atoms with Gasteiger partial charge in [0, 0.05) is 57.4 Å². The number of carbonyl (C=O) groups excluding carboxylic acids is 4. The summed E-state index contributed by atoms with van der Waals surface area (Å²) in [7, 11) is 3.02. The third kappa shape index (κ3) is 8.14. The van der Waals surface area contributed by atoms with Gasteiger partial charge in [-0.3, -0.25) is 39.2 Å². The Morgan fingerprint density at radius 3 is 1.57 bits per heavy atom. The number of nitrogens with zero attached hydrogens (tertiary/aromatic N) is 8. The van der Waals surface area contributed by atoms with E-state index in [2.05, 4.69) is 25.8 Å². The lowest BCUT2D eigenvalue weighted by Gasteiger charge is -2.13. The molecular formula is C39H48N14O7. The van der Waals surface area contributed by atoms with Gasteiger partial charge in [-0.1, -0.05) is 12.2 Å². The smallest absolute Gasteiger partial charge is 0.278 e. The second-order valence-corrected chi connectivity index (χ2v) is 13.6. The van der Waals surface area contributed by atoms with Crippen molar-refractivity contribution >= 4 is 69.0 Å². The Morgan fingerprint density at radius 1 is 0.700 bits per heavy atom. The van der Waals surface area contributed by atoms with E-state index >= 15 is 0 Å². The van der Waals surface area contributed by atoms with Gasteiger partial charge in [-0.25, -0.2) is 9.97 Å². The average Bonchev–Trinajstić information content (AvgIpc) is 3.93. The molecule has 0 atom stereocenters. The third-order valence-corrected chi connectivity index (χ3v) is 9.72. The Labute approximate surface area is 343 Å². The summed E-state index contributed by atoms with van der Waals surface area (Å²) < 4.78 is 23.4. The number of primary amides is 2. The summed E-state index contributed by atoms with van der Waals surface area (Å²) in [5.41, 5.74) is 27.5.